The topological polar surface area (TPSA) is 81.5 Å². The molecule has 0 aromatic heterocycles. The number of rotatable bonds is 3. The first-order valence-corrected chi connectivity index (χ1v) is 9.80. The Balaban J connectivity index is 1.55. The van der Waals surface area contributed by atoms with Crippen LogP contribution < -0.4 is 5.32 Å². The first-order valence-electron chi connectivity index (χ1n) is 9.80. The van der Waals surface area contributed by atoms with E-state index in [-0.39, 0.29) is 22.6 Å². The highest BCUT2D eigenvalue weighted by Crippen LogP contribution is 2.63. The Labute approximate surface area is 163 Å². The van der Waals surface area contributed by atoms with Crippen LogP contribution in [-0.2, 0) is 4.74 Å². The monoisotopic (exact) mass is 378 g/mol. The Kier molecular flexibility index (Phi) is 3.89. The molecule has 1 aliphatic heterocycles. The van der Waals surface area contributed by atoms with E-state index in [9.17, 15) is 14.9 Å². The van der Waals surface area contributed by atoms with E-state index < -0.39 is 0 Å². The van der Waals surface area contributed by atoms with E-state index in [4.69, 9.17) is 4.74 Å². The number of fused-ring (bicyclic) bond motifs is 7. The van der Waals surface area contributed by atoms with Crippen molar-refractivity contribution in [1.82, 2.24) is 0 Å². The molecule has 0 unspecified atom stereocenters. The van der Waals surface area contributed by atoms with Crippen LogP contribution in [0.25, 0.3) is 0 Å². The molecule has 1 heterocycles. The van der Waals surface area contributed by atoms with Crippen LogP contribution in [-0.4, -0.2) is 18.0 Å². The molecular formula is C22H22N2O4. The zero-order valence-corrected chi connectivity index (χ0v) is 15.6. The molecule has 0 saturated heterocycles. The molecule has 1 N–H and O–H groups in total. The molecule has 28 heavy (non-hydrogen) atoms. The van der Waals surface area contributed by atoms with Crippen molar-refractivity contribution in [3.05, 3.63) is 69.3 Å². The van der Waals surface area contributed by atoms with Gasteiger partial charge in [0.15, 0.2) is 0 Å². The first kappa shape index (κ1) is 17.2. The van der Waals surface area contributed by atoms with E-state index >= 15 is 0 Å². The standard InChI is InChI=1S/C22H22N2O4/c1-28-22(25)13-4-2-12(3-5-13)21-20-15-7-6-14(10-15)19(20)17-11-16(24(26)27)8-9-18(17)23-21/h2-5,8-9,11,14-15,19-21,23H,6-7,10H2,1H3/t14-,15-,19+,20+,21-/m0/s1. The van der Waals surface area contributed by atoms with E-state index in [0.717, 1.165) is 16.8 Å². The molecule has 5 rings (SSSR count). The summed E-state index contributed by atoms with van der Waals surface area (Å²) in [7, 11) is 1.38. The van der Waals surface area contributed by atoms with Crippen molar-refractivity contribution in [2.75, 3.05) is 12.4 Å². The number of nitro groups is 1. The van der Waals surface area contributed by atoms with Gasteiger partial charge in [0.1, 0.15) is 0 Å². The molecule has 0 radical (unpaired) electrons. The largest absolute Gasteiger partial charge is 0.465 e. The summed E-state index contributed by atoms with van der Waals surface area (Å²) in [6, 6.07) is 13.0. The quantitative estimate of drug-likeness (QED) is 0.476. The summed E-state index contributed by atoms with van der Waals surface area (Å²) < 4.78 is 4.80. The highest BCUT2D eigenvalue weighted by atomic mass is 16.6. The zero-order valence-electron chi connectivity index (χ0n) is 15.6. The van der Waals surface area contributed by atoms with Gasteiger partial charge in [0, 0.05) is 17.8 Å². The second kappa shape index (κ2) is 6.33. The maximum atomic E-state index is 11.7. The van der Waals surface area contributed by atoms with Crippen molar-refractivity contribution in [2.45, 2.75) is 31.2 Å². The fraction of sp³-hybridized carbons (Fsp3) is 0.409. The average Bonchev–Trinajstić information content (AvgIpc) is 3.35. The van der Waals surface area contributed by atoms with Crippen molar-refractivity contribution >= 4 is 17.3 Å². The van der Waals surface area contributed by atoms with Gasteiger partial charge in [-0.05, 0) is 72.3 Å². The fourth-order valence-corrected chi connectivity index (χ4v) is 5.86. The third-order valence-electron chi connectivity index (χ3n) is 6.97. The second-order valence-electron chi connectivity index (χ2n) is 8.20. The lowest BCUT2D eigenvalue weighted by atomic mass is 9.68. The minimum atomic E-state index is -0.335. The van der Waals surface area contributed by atoms with Crippen LogP contribution in [0, 0.1) is 27.9 Å². The average molecular weight is 378 g/mol. The smallest absolute Gasteiger partial charge is 0.337 e. The molecule has 144 valence electrons. The van der Waals surface area contributed by atoms with Crippen LogP contribution >= 0.6 is 0 Å². The second-order valence-corrected chi connectivity index (χ2v) is 8.20. The molecule has 2 saturated carbocycles. The third-order valence-corrected chi connectivity index (χ3v) is 6.97. The van der Waals surface area contributed by atoms with Gasteiger partial charge in [-0.2, -0.15) is 0 Å². The summed E-state index contributed by atoms with van der Waals surface area (Å²) in [4.78, 5) is 22.7. The summed E-state index contributed by atoms with van der Waals surface area (Å²) in [6.45, 7) is 0. The van der Waals surface area contributed by atoms with Crippen molar-refractivity contribution in [2.24, 2.45) is 17.8 Å². The van der Waals surface area contributed by atoms with Gasteiger partial charge in [0.2, 0.25) is 0 Å². The van der Waals surface area contributed by atoms with E-state index in [1.54, 1.807) is 12.1 Å². The molecule has 6 nitrogen and oxygen atoms in total. The lowest BCUT2D eigenvalue weighted by Crippen LogP contribution is -2.35. The maximum absolute atomic E-state index is 11.7. The Morgan fingerprint density at radius 2 is 1.89 bits per heavy atom. The first-order chi connectivity index (χ1) is 13.6. The SMILES string of the molecule is COC(=O)c1ccc([C@@H]2Nc3ccc([N+](=O)[O-])cc3[C@H]3[C@H]4CC[C@@H](C4)[C@H]32)cc1. The van der Waals surface area contributed by atoms with Crippen LogP contribution in [0.1, 0.15) is 52.7 Å². The van der Waals surface area contributed by atoms with Gasteiger partial charge in [-0.1, -0.05) is 12.1 Å². The number of non-ortho nitro benzene ring substituents is 1. The molecule has 6 heteroatoms. The molecule has 5 atom stereocenters. The summed E-state index contributed by atoms with van der Waals surface area (Å²) >= 11 is 0. The summed E-state index contributed by atoms with van der Waals surface area (Å²) in [5.41, 5.74) is 3.97. The zero-order chi connectivity index (χ0) is 19.4. The lowest BCUT2D eigenvalue weighted by molar-refractivity contribution is -0.384. The Morgan fingerprint density at radius 1 is 1.14 bits per heavy atom. The Hall–Kier alpha value is -2.89. The molecule has 0 spiro atoms. The molecule has 2 aromatic rings. The number of nitro benzene ring substituents is 1. The molecule has 2 fully saturated rings. The van der Waals surface area contributed by atoms with Crippen molar-refractivity contribution in [3.8, 4) is 0 Å². The molecule has 0 amide bonds. The van der Waals surface area contributed by atoms with Crippen molar-refractivity contribution < 1.29 is 14.5 Å². The number of esters is 1. The van der Waals surface area contributed by atoms with E-state index in [0.29, 0.717) is 29.2 Å². The van der Waals surface area contributed by atoms with Crippen LogP contribution in [0.15, 0.2) is 42.5 Å². The minimum absolute atomic E-state index is 0.154. The number of benzene rings is 2. The van der Waals surface area contributed by atoms with Crippen LogP contribution in [0.3, 0.4) is 0 Å². The van der Waals surface area contributed by atoms with Gasteiger partial charge in [0.25, 0.3) is 5.69 Å². The number of hydrogen-bond donors (Lipinski definition) is 1. The summed E-state index contributed by atoms with van der Waals surface area (Å²) in [5.74, 6) is 1.70. The van der Waals surface area contributed by atoms with Gasteiger partial charge in [0.05, 0.1) is 23.6 Å². The summed E-state index contributed by atoms with van der Waals surface area (Å²) in [5, 5.41) is 14.9. The predicted octanol–water partition coefficient (Wildman–Crippen LogP) is 4.68. The van der Waals surface area contributed by atoms with Crippen molar-refractivity contribution in [1.29, 1.82) is 0 Å². The highest BCUT2D eigenvalue weighted by Gasteiger charge is 2.54. The Morgan fingerprint density at radius 3 is 2.61 bits per heavy atom. The van der Waals surface area contributed by atoms with Crippen LogP contribution in [0.2, 0.25) is 0 Å². The molecule has 2 aromatic carbocycles. The third kappa shape index (κ3) is 2.51. The normalized spacial score (nSPS) is 29.5. The van der Waals surface area contributed by atoms with E-state index in [1.165, 1.54) is 26.4 Å². The van der Waals surface area contributed by atoms with Gasteiger partial charge in [-0.3, -0.25) is 10.1 Å². The van der Waals surface area contributed by atoms with E-state index in [2.05, 4.69) is 5.32 Å². The van der Waals surface area contributed by atoms with Gasteiger partial charge < -0.3 is 10.1 Å². The van der Waals surface area contributed by atoms with Gasteiger partial charge in [-0.25, -0.2) is 4.79 Å². The van der Waals surface area contributed by atoms with Crippen molar-refractivity contribution in [3.63, 3.8) is 0 Å². The van der Waals surface area contributed by atoms with Crippen LogP contribution in [0.4, 0.5) is 11.4 Å². The number of anilines is 1. The lowest BCUT2D eigenvalue weighted by Gasteiger charge is -2.43. The Bertz CT molecular complexity index is 956. The number of nitrogens with one attached hydrogen (secondary N) is 1. The molecular weight excluding hydrogens is 356 g/mol. The number of methoxy groups -OCH3 is 1. The van der Waals surface area contributed by atoms with Gasteiger partial charge in [-0.15, -0.1) is 0 Å². The summed E-state index contributed by atoms with van der Waals surface area (Å²) in [6.07, 6.45) is 3.65. The van der Waals surface area contributed by atoms with Gasteiger partial charge >= 0.3 is 5.97 Å². The minimum Gasteiger partial charge on any atom is -0.465 e. The number of carbonyl (C=O) groups is 1. The predicted molar refractivity (Wildman–Crippen MR) is 104 cm³/mol. The van der Waals surface area contributed by atoms with Crippen LogP contribution in [0.5, 0.6) is 0 Å². The fourth-order valence-electron chi connectivity index (χ4n) is 5.86. The van der Waals surface area contributed by atoms with E-state index in [1.807, 2.05) is 30.3 Å². The molecule has 3 aliphatic rings. The number of nitrogens with zero attached hydrogens (tertiary/aromatic N) is 1. The highest BCUT2D eigenvalue weighted by molar-refractivity contribution is 5.89. The molecule has 2 aliphatic carbocycles. The number of hydrogen-bond acceptors (Lipinski definition) is 5. The molecule has 2 bridgehead atoms. The maximum Gasteiger partial charge on any atom is 0.337 e. The number of ether oxygens (including phenoxy) is 1. The number of carbonyl (C=O) groups excluding carboxylic acids is 1.